The Bertz CT molecular complexity index is 710. The summed E-state index contributed by atoms with van der Waals surface area (Å²) in [6.45, 7) is 4.28. The summed E-state index contributed by atoms with van der Waals surface area (Å²) in [6.07, 6.45) is 1.79. The van der Waals surface area contributed by atoms with Gasteiger partial charge in [0.25, 0.3) is 0 Å². The topological polar surface area (TPSA) is 30.5 Å². The van der Waals surface area contributed by atoms with Gasteiger partial charge in [-0.2, -0.15) is 0 Å². The first-order chi connectivity index (χ1) is 12.0. The largest absolute Gasteiger partial charge is 0.493 e. The van der Waals surface area contributed by atoms with E-state index in [1.54, 1.807) is 13.2 Å². The van der Waals surface area contributed by atoms with Crippen LogP contribution >= 0.6 is 39.1 Å². The SMILES string of the molecule is CCCOc1c(Br)cc(CNCCc2ccc(Cl)cc2Cl)cc1OC. The molecule has 0 unspecified atom stereocenters. The second-order valence-corrected chi connectivity index (χ2v) is 7.32. The molecule has 136 valence electrons. The van der Waals surface area contributed by atoms with E-state index in [4.69, 9.17) is 32.7 Å². The lowest BCUT2D eigenvalue weighted by molar-refractivity contribution is 0.292. The standard InChI is InChI=1S/C19H22BrCl2NO2/c1-3-8-25-19-16(20)9-13(10-18(19)24-2)12-23-7-6-14-4-5-15(21)11-17(14)22/h4-5,9-11,23H,3,6-8,12H2,1-2H3. The van der Waals surface area contributed by atoms with Crippen molar-refractivity contribution < 1.29 is 9.47 Å². The number of ether oxygens (including phenoxy) is 2. The molecule has 0 heterocycles. The molecule has 0 aliphatic heterocycles. The lowest BCUT2D eigenvalue weighted by Crippen LogP contribution is -2.17. The minimum atomic E-state index is 0.657. The number of nitrogens with one attached hydrogen (secondary N) is 1. The van der Waals surface area contributed by atoms with Crippen molar-refractivity contribution in [2.45, 2.75) is 26.3 Å². The molecule has 0 saturated carbocycles. The molecular formula is C19H22BrCl2NO2. The highest BCUT2D eigenvalue weighted by Crippen LogP contribution is 2.36. The van der Waals surface area contributed by atoms with Crippen LogP contribution in [-0.4, -0.2) is 20.3 Å². The minimum Gasteiger partial charge on any atom is -0.493 e. The number of benzene rings is 2. The first-order valence-electron chi connectivity index (χ1n) is 8.19. The van der Waals surface area contributed by atoms with Gasteiger partial charge in [0.1, 0.15) is 0 Å². The normalized spacial score (nSPS) is 10.8. The molecule has 0 radical (unpaired) electrons. The van der Waals surface area contributed by atoms with Crippen LogP contribution in [0.15, 0.2) is 34.8 Å². The van der Waals surface area contributed by atoms with E-state index < -0.39 is 0 Å². The first kappa shape index (κ1) is 20.4. The lowest BCUT2D eigenvalue weighted by Gasteiger charge is -2.14. The molecule has 0 spiro atoms. The maximum atomic E-state index is 6.20. The summed E-state index contributed by atoms with van der Waals surface area (Å²) >= 11 is 15.7. The van der Waals surface area contributed by atoms with Crippen LogP contribution in [0, 0.1) is 0 Å². The Morgan fingerprint density at radius 1 is 1.16 bits per heavy atom. The van der Waals surface area contributed by atoms with Gasteiger partial charge in [-0.25, -0.2) is 0 Å². The minimum absolute atomic E-state index is 0.657. The van der Waals surface area contributed by atoms with E-state index in [1.807, 2.05) is 18.2 Å². The molecule has 0 bridgehead atoms. The molecule has 0 atom stereocenters. The molecule has 0 aliphatic rings. The highest BCUT2D eigenvalue weighted by molar-refractivity contribution is 9.10. The second-order valence-electron chi connectivity index (χ2n) is 5.62. The van der Waals surface area contributed by atoms with E-state index in [1.165, 1.54) is 0 Å². The molecule has 25 heavy (non-hydrogen) atoms. The number of hydrogen-bond donors (Lipinski definition) is 1. The number of halogens is 3. The van der Waals surface area contributed by atoms with Crippen molar-refractivity contribution in [3.05, 3.63) is 56.0 Å². The molecule has 3 nitrogen and oxygen atoms in total. The van der Waals surface area contributed by atoms with Crippen molar-refractivity contribution in [1.29, 1.82) is 0 Å². The second kappa shape index (κ2) is 10.3. The monoisotopic (exact) mass is 445 g/mol. The van der Waals surface area contributed by atoms with E-state index in [0.717, 1.165) is 53.0 Å². The van der Waals surface area contributed by atoms with Crippen LogP contribution in [0.1, 0.15) is 24.5 Å². The summed E-state index contributed by atoms with van der Waals surface area (Å²) in [5.41, 5.74) is 2.20. The van der Waals surface area contributed by atoms with Crippen molar-refractivity contribution in [3.63, 3.8) is 0 Å². The van der Waals surface area contributed by atoms with E-state index in [-0.39, 0.29) is 0 Å². The van der Waals surface area contributed by atoms with Gasteiger partial charge in [0.15, 0.2) is 11.5 Å². The van der Waals surface area contributed by atoms with Gasteiger partial charge in [-0.1, -0.05) is 36.2 Å². The van der Waals surface area contributed by atoms with E-state index in [2.05, 4.69) is 34.2 Å². The van der Waals surface area contributed by atoms with Crippen LogP contribution in [-0.2, 0) is 13.0 Å². The number of hydrogen-bond acceptors (Lipinski definition) is 3. The van der Waals surface area contributed by atoms with Gasteiger partial charge in [-0.05, 0) is 70.7 Å². The third-order valence-electron chi connectivity index (χ3n) is 3.66. The zero-order chi connectivity index (χ0) is 18.2. The fourth-order valence-electron chi connectivity index (χ4n) is 2.40. The molecule has 0 aromatic heterocycles. The maximum absolute atomic E-state index is 6.20. The van der Waals surface area contributed by atoms with Gasteiger partial charge in [-0.3, -0.25) is 0 Å². The average molecular weight is 447 g/mol. The molecule has 0 saturated heterocycles. The van der Waals surface area contributed by atoms with Crippen LogP contribution in [0.25, 0.3) is 0 Å². The van der Waals surface area contributed by atoms with E-state index >= 15 is 0 Å². The fourth-order valence-corrected chi connectivity index (χ4v) is 3.51. The van der Waals surface area contributed by atoms with Crippen LogP contribution in [0.3, 0.4) is 0 Å². The molecule has 0 amide bonds. The third-order valence-corrected chi connectivity index (χ3v) is 4.83. The third kappa shape index (κ3) is 6.07. The van der Waals surface area contributed by atoms with Gasteiger partial charge >= 0.3 is 0 Å². The smallest absolute Gasteiger partial charge is 0.175 e. The van der Waals surface area contributed by atoms with Gasteiger partial charge in [0, 0.05) is 16.6 Å². The molecule has 2 aromatic rings. The summed E-state index contributed by atoms with van der Waals surface area (Å²) in [7, 11) is 1.65. The average Bonchev–Trinajstić information content (AvgIpc) is 2.58. The van der Waals surface area contributed by atoms with Crippen molar-refractivity contribution in [3.8, 4) is 11.5 Å². The summed E-state index contributed by atoms with van der Waals surface area (Å²) < 4.78 is 12.1. The molecule has 2 aromatic carbocycles. The maximum Gasteiger partial charge on any atom is 0.175 e. The van der Waals surface area contributed by atoms with Gasteiger partial charge in [0.2, 0.25) is 0 Å². The zero-order valence-electron chi connectivity index (χ0n) is 14.4. The summed E-state index contributed by atoms with van der Waals surface area (Å²) in [5, 5.41) is 4.79. The lowest BCUT2D eigenvalue weighted by atomic mass is 10.1. The van der Waals surface area contributed by atoms with Crippen molar-refractivity contribution >= 4 is 39.1 Å². The van der Waals surface area contributed by atoms with Gasteiger partial charge in [-0.15, -0.1) is 0 Å². The van der Waals surface area contributed by atoms with Crippen LogP contribution in [0.5, 0.6) is 11.5 Å². The zero-order valence-corrected chi connectivity index (χ0v) is 17.5. The van der Waals surface area contributed by atoms with Crippen molar-refractivity contribution in [2.75, 3.05) is 20.3 Å². The summed E-state index contributed by atoms with van der Waals surface area (Å²) in [5.74, 6) is 1.49. The highest BCUT2D eigenvalue weighted by Gasteiger charge is 2.11. The Morgan fingerprint density at radius 2 is 1.96 bits per heavy atom. The molecule has 2 rings (SSSR count). The van der Waals surface area contributed by atoms with Crippen molar-refractivity contribution in [2.24, 2.45) is 0 Å². The van der Waals surface area contributed by atoms with Crippen LogP contribution < -0.4 is 14.8 Å². The Morgan fingerprint density at radius 3 is 2.64 bits per heavy atom. The van der Waals surface area contributed by atoms with Gasteiger partial charge < -0.3 is 14.8 Å². The Hall–Kier alpha value is -0.940. The summed E-state index contributed by atoms with van der Waals surface area (Å²) in [6, 6.07) is 9.65. The summed E-state index contributed by atoms with van der Waals surface area (Å²) in [4.78, 5) is 0. The Kier molecular flexibility index (Phi) is 8.37. The fraction of sp³-hybridized carbons (Fsp3) is 0.368. The van der Waals surface area contributed by atoms with Crippen molar-refractivity contribution in [1.82, 2.24) is 5.32 Å². The van der Waals surface area contributed by atoms with Crippen LogP contribution in [0.4, 0.5) is 0 Å². The van der Waals surface area contributed by atoms with Gasteiger partial charge in [0.05, 0.1) is 18.2 Å². The molecule has 0 fully saturated rings. The predicted octanol–water partition coefficient (Wildman–Crippen LogP) is 5.89. The molecule has 0 aliphatic carbocycles. The quantitative estimate of drug-likeness (QED) is 0.487. The van der Waals surface area contributed by atoms with E-state index in [9.17, 15) is 0 Å². The Labute approximate surface area is 167 Å². The molecule has 1 N–H and O–H groups in total. The first-order valence-corrected chi connectivity index (χ1v) is 9.74. The van der Waals surface area contributed by atoms with E-state index in [0.29, 0.717) is 16.7 Å². The predicted molar refractivity (Wildman–Crippen MR) is 108 cm³/mol. The number of methoxy groups -OCH3 is 1. The Balaban J connectivity index is 1.93. The molecule has 6 heteroatoms. The number of rotatable bonds is 9. The highest BCUT2D eigenvalue weighted by atomic mass is 79.9. The van der Waals surface area contributed by atoms with Crippen LogP contribution in [0.2, 0.25) is 10.0 Å². The molecular weight excluding hydrogens is 425 g/mol.